The van der Waals surface area contributed by atoms with Crippen LogP contribution in [0.3, 0.4) is 0 Å². The van der Waals surface area contributed by atoms with Gasteiger partial charge in [0.2, 0.25) is 0 Å². The van der Waals surface area contributed by atoms with Gasteiger partial charge in [0, 0.05) is 40.0 Å². The number of nitrogens with zero attached hydrogens (tertiary/aromatic N) is 2. The first-order valence-electron chi connectivity index (χ1n) is 7.94. The Labute approximate surface area is 162 Å². The molecule has 5 heteroatoms. The monoisotopic (exact) mass is 388 g/mol. The molecular weight excluding hydrogens is 371 g/mol. The summed E-state index contributed by atoms with van der Waals surface area (Å²) >= 11 is 13.8. The van der Waals surface area contributed by atoms with Gasteiger partial charge in [-0.15, -0.1) is 11.8 Å². The predicted molar refractivity (Wildman–Crippen MR) is 109 cm³/mol. The SMILES string of the molecule is Clc1ccc(C=CC(Cn2ccnc2)SCc2ccc(Cl)cc2)cc1. The average Bonchev–Trinajstić information content (AvgIpc) is 3.13. The molecule has 0 saturated carbocycles. The maximum absolute atomic E-state index is 5.96. The van der Waals surface area contributed by atoms with Crippen molar-refractivity contribution in [3.8, 4) is 0 Å². The quantitative estimate of drug-likeness (QED) is 0.478. The standard InChI is InChI=1S/C20H18Cl2N2S/c21-18-6-1-16(2-7-18)5-10-20(13-24-12-11-23-15-24)25-14-17-3-8-19(22)9-4-17/h1-12,15,20H,13-14H2. The van der Waals surface area contributed by atoms with Crippen LogP contribution >= 0.6 is 35.0 Å². The van der Waals surface area contributed by atoms with Crippen LogP contribution in [0, 0.1) is 0 Å². The summed E-state index contributed by atoms with van der Waals surface area (Å²) in [4.78, 5) is 4.13. The van der Waals surface area contributed by atoms with Gasteiger partial charge < -0.3 is 4.57 Å². The highest BCUT2D eigenvalue weighted by molar-refractivity contribution is 7.99. The first kappa shape index (κ1) is 18.1. The topological polar surface area (TPSA) is 17.8 Å². The van der Waals surface area contributed by atoms with E-state index in [1.54, 1.807) is 0 Å². The molecule has 128 valence electrons. The fourth-order valence-corrected chi connectivity index (χ4v) is 3.67. The van der Waals surface area contributed by atoms with Gasteiger partial charge in [0.1, 0.15) is 0 Å². The molecule has 0 fully saturated rings. The highest BCUT2D eigenvalue weighted by Gasteiger charge is 2.07. The molecule has 0 aliphatic carbocycles. The van der Waals surface area contributed by atoms with Gasteiger partial charge in [-0.2, -0.15) is 0 Å². The van der Waals surface area contributed by atoms with Crippen molar-refractivity contribution in [2.24, 2.45) is 0 Å². The molecule has 1 atom stereocenters. The summed E-state index contributed by atoms with van der Waals surface area (Å²) in [5, 5.41) is 1.86. The molecule has 2 nitrogen and oxygen atoms in total. The lowest BCUT2D eigenvalue weighted by Crippen LogP contribution is -2.09. The van der Waals surface area contributed by atoms with E-state index in [9.17, 15) is 0 Å². The molecule has 0 radical (unpaired) electrons. The second-order valence-electron chi connectivity index (χ2n) is 5.65. The van der Waals surface area contributed by atoms with Gasteiger partial charge >= 0.3 is 0 Å². The number of aromatic nitrogens is 2. The molecule has 0 bridgehead atoms. The summed E-state index contributed by atoms with van der Waals surface area (Å²) in [6.45, 7) is 0.877. The van der Waals surface area contributed by atoms with Crippen LogP contribution in [0.15, 0.2) is 73.3 Å². The fraction of sp³-hybridized carbons (Fsp3) is 0.150. The first-order chi connectivity index (χ1) is 12.2. The van der Waals surface area contributed by atoms with Gasteiger partial charge in [-0.3, -0.25) is 0 Å². The van der Waals surface area contributed by atoms with Crippen molar-refractivity contribution in [3.63, 3.8) is 0 Å². The van der Waals surface area contributed by atoms with E-state index in [1.165, 1.54) is 5.56 Å². The molecule has 25 heavy (non-hydrogen) atoms. The Morgan fingerprint density at radius 1 is 1.00 bits per heavy atom. The van der Waals surface area contributed by atoms with Crippen molar-refractivity contribution in [2.45, 2.75) is 17.5 Å². The average molecular weight is 389 g/mol. The highest BCUT2D eigenvalue weighted by Crippen LogP contribution is 2.23. The number of thioether (sulfide) groups is 1. The molecule has 0 aliphatic heterocycles. The van der Waals surface area contributed by atoms with Gasteiger partial charge in [0.15, 0.2) is 0 Å². The largest absolute Gasteiger partial charge is 0.336 e. The summed E-state index contributed by atoms with van der Waals surface area (Å²) in [5.74, 6) is 0.932. The summed E-state index contributed by atoms with van der Waals surface area (Å²) in [6, 6.07) is 15.9. The minimum Gasteiger partial charge on any atom is -0.336 e. The molecule has 3 aromatic rings. The molecule has 0 spiro atoms. The second kappa shape index (κ2) is 9.14. The van der Waals surface area contributed by atoms with Crippen LogP contribution in [0.1, 0.15) is 11.1 Å². The Morgan fingerprint density at radius 3 is 2.32 bits per heavy atom. The van der Waals surface area contributed by atoms with Gasteiger partial charge in [-0.05, 0) is 35.4 Å². The van der Waals surface area contributed by atoms with Crippen LogP contribution in [0.4, 0.5) is 0 Å². The van der Waals surface area contributed by atoms with E-state index in [0.29, 0.717) is 5.25 Å². The molecule has 0 amide bonds. The van der Waals surface area contributed by atoms with E-state index in [-0.39, 0.29) is 0 Å². The summed E-state index contributed by atoms with van der Waals surface area (Å²) in [5.41, 5.74) is 2.41. The minimum absolute atomic E-state index is 0.334. The molecule has 3 rings (SSSR count). The van der Waals surface area contributed by atoms with Crippen LogP contribution in [0.25, 0.3) is 6.08 Å². The second-order valence-corrected chi connectivity index (χ2v) is 7.75. The van der Waals surface area contributed by atoms with E-state index in [0.717, 1.165) is 27.9 Å². The molecule has 0 saturated heterocycles. The van der Waals surface area contributed by atoms with E-state index < -0.39 is 0 Å². The maximum atomic E-state index is 5.96. The fourth-order valence-electron chi connectivity index (χ4n) is 2.35. The summed E-state index contributed by atoms with van der Waals surface area (Å²) < 4.78 is 2.10. The van der Waals surface area contributed by atoms with Crippen LogP contribution in [-0.4, -0.2) is 14.8 Å². The van der Waals surface area contributed by atoms with Crippen molar-refractivity contribution in [1.29, 1.82) is 0 Å². The van der Waals surface area contributed by atoms with Gasteiger partial charge in [-0.25, -0.2) is 4.98 Å². The molecule has 0 N–H and O–H groups in total. The van der Waals surface area contributed by atoms with Crippen molar-refractivity contribution in [2.75, 3.05) is 0 Å². The Hall–Kier alpha value is -1.68. The predicted octanol–water partition coefficient (Wildman–Crippen LogP) is 6.21. The number of rotatable bonds is 7. The van der Waals surface area contributed by atoms with E-state index in [4.69, 9.17) is 23.2 Å². The Bertz CT molecular complexity index is 797. The molecule has 2 aromatic carbocycles. The third-order valence-electron chi connectivity index (χ3n) is 3.70. The van der Waals surface area contributed by atoms with Gasteiger partial charge in [-0.1, -0.05) is 59.6 Å². The summed E-state index contributed by atoms with van der Waals surface area (Å²) in [6.07, 6.45) is 10.0. The van der Waals surface area contributed by atoms with Crippen LogP contribution < -0.4 is 0 Å². The normalized spacial score (nSPS) is 12.6. The van der Waals surface area contributed by atoms with Gasteiger partial charge in [0.05, 0.1) is 6.33 Å². The number of hydrogen-bond acceptors (Lipinski definition) is 2. The zero-order valence-corrected chi connectivity index (χ0v) is 15.9. The van der Waals surface area contributed by atoms with Crippen molar-refractivity contribution < 1.29 is 0 Å². The maximum Gasteiger partial charge on any atom is 0.0946 e. The van der Waals surface area contributed by atoms with E-state index in [2.05, 4.69) is 33.8 Å². The number of imidazole rings is 1. The van der Waals surface area contributed by atoms with E-state index >= 15 is 0 Å². The number of benzene rings is 2. The summed E-state index contributed by atoms with van der Waals surface area (Å²) in [7, 11) is 0. The lowest BCUT2D eigenvalue weighted by Gasteiger charge is -2.13. The van der Waals surface area contributed by atoms with Crippen molar-refractivity contribution in [1.82, 2.24) is 9.55 Å². The van der Waals surface area contributed by atoms with Crippen molar-refractivity contribution >= 4 is 41.0 Å². The van der Waals surface area contributed by atoms with Crippen LogP contribution in [0.2, 0.25) is 10.0 Å². The Morgan fingerprint density at radius 2 is 1.68 bits per heavy atom. The van der Waals surface area contributed by atoms with Crippen LogP contribution in [0.5, 0.6) is 0 Å². The smallest absolute Gasteiger partial charge is 0.0946 e. The zero-order chi connectivity index (χ0) is 17.5. The minimum atomic E-state index is 0.334. The van der Waals surface area contributed by atoms with Crippen molar-refractivity contribution in [3.05, 3.63) is 94.5 Å². The van der Waals surface area contributed by atoms with E-state index in [1.807, 2.05) is 66.9 Å². The number of hydrogen-bond donors (Lipinski definition) is 0. The molecule has 1 aromatic heterocycles. The van der Waals surface area contributed by atoms with Crippen LogP contribution in [-0.2, 0) is 12.3 Å². The zero-order valence-electron chi connectivity index (χ0n) is 13.6. The Kier molecular flexibility index (Phi) is 6.62. The Balaban J connectivity index is 1.67. The first-order valence-corrected chi connectivity index (χ1v) is 9.75. The lowest BCUT2D eigenvalue weighted by molar-refractivity contribution is 0.720. The molecular formula is C20H18Cl2N2S. The number of halogens is 2. The molecule has 1 unspecified atom stereocenters. The van der Waals surface area contributed by atoms with Gasteiger partial charge in [0.25, 0.3) is 0 Å². The third-order valence-corrected chi connectivity index (χ3v) is 5.44. The lowest BCUT2D eigenvalue weighted by atomic mass is 10.2. The highest BCUT2D eigenvalue weighted by atomic mass is 35.5. The third kappa shape index (κ3) is 5.96. The molecule has 0 aliphatic rings. The molecule has 1 heterocycles.